The normalized spacial score (nSPS) is 61.2. The molecule has 0 aromatic heterocycles. The van der Waals surface area contributed by atoms with Crippen LogP contribution in [0.1, 0.15) is 65.2 Å². The molecule has 0 amide bonds. The second-order valence-electron chi connectivity index (χ2n) is 9.38. The first-order valence-corrected chi connectivity index (χ1v) is 9.40. The second-order valence-corrected chi connectivity index (χ2v) is 9.38. The van der Waals surface area contributed by atoms with E-state index in [9.17, 15) is 15.3 Å². The highest BCUT2D eigenvalue weighted by Gasteiger charge is 2.61. The topological polar surface area (TPSA) is 60.7 Å². The van der Waals surface area contributed by atoms with E-state index in [2.05, 4.69) is 13.8 Å². The predicted octanol–water partition coefficient (Wildman–Crippen LogP) is 2.72. The van der Waals surface area contributed by atoms with Crippen molar-refractivity contribution in [1.29, 1.82) is 0 Å². The van der Waals surface area contributed by atoms with Gasteiger partial charge in [0.05, 0.1) is 18.3 Å². The fourth-order valence-corrected chi connectivity index (χ4v) is 7.22. The van der Waals surface area contributed by atoms with Gasteiger partial charge in [0.2, 0.25) is 0 Å². The highest BCUT2D eigenvalue weighted by Crippen LogP contribution is 2.66. The van der Waals surface area contributed by atoms with Gasteiger partial charge in [-0.1, -0.05) is 13.8 Å². The number of aliphatic hydroxyl groups excluding tert-OH is 3. The molecular formula is C19H32O3. The van der Waals surface area contributed by atoms with E-state index < -0.39 is 12.2 Å². The van der Waals surface area contributed by atoms with Crippen LogP contribution in [0.3, 0.4) is 0 Å². The molecule has 3 N–H and O–H groups in total. The van der Waals surface area contributed by atoms with E-state index in [1.54, 1.807) is 0 Å². The molecule has 0 heterocycles. The van der Waals surface area contributed by atoms with Gasteiger partial charge in [0.25, 0.3) is 0 Å². The predicted molar refractivity (Wildman–Crippen MR) is 85.1 cm³/mol. The van der Waals surface area contributed by atoms with Gasteiger partial charge in [-0.15, -0.1) is 0 Å². The van der Waals surface area contributed by atoms with Gasteiger partial charge in [-0.2, -0.15) is 0 Å². The van der Waals surface area contributed by atoms with Gasteiger partial charge in [0.15, 0.2) is 0 Å². The zero-order valence-corrected chi connectivity index (χ0v) is 14.0. The van der Waals surface area contributed by atoms with Crippen molar-refractivity contribution in [3.05, 3.63) is 0 Å². The molecule has 0 radical (unpaired) electrons. The van der Waals surface area contributed by atoms with E-state index in [0.29, 0.717) is 23.2 Å². The van der Waals surface area contributed by atoms with Gasteiger partial charge < -0.3 is 15.3 Å². The molecule has 3 nitrogen and oxygen atoms in total. The van der Waals surface area contributed by atoms with E-state index in [0.717, 1.165) is 38.0 Å². The smallest absolute Gasteiger partial charge is 0.0855 e. The standard InChI is InChI=1S/C19H32O3/c1-18-7-5-12(20)9-11(18)3-4-13-14(18)6-8-19(2)15(13)10-16(21)17(19)22/h11-17,20-22H,3-10H2,1-2H3/t11-,12-,13+,14-,15-,16+,17+,18-,19-/m0/s1. The lowest BCUT2D eigenvalue weighted by Gasteiger charge is -2.60. The molecule has 22 heavy (non-hydrogen) atoms. The zero-order chi connectivity index (χ0) is 15.7. The van der Waals surface area contributed by atoms with E-state index in [4.69, 9.17) is 0 Å². The Bertz CT molecular complexity index is 452. The molecule has 4 saturated carbocycles. The van der Waals surface area contributed by atoms with Crippen LogP contribution in [0.15, 0.2) is 0 Å². The number of fused-ring (bicyclic) bond motifs is 5. The SMILES string of the molecule is C[C@]12CC[C@H](O)C[C@@H]1CC[C@@H]1[C@@H]2CC[C@]2(C)[C@H](O)[C@H](O)C[C@@H]12. The van der Waals surface area contributed by atoms with Crippen LogP contribution in [-0.2, 0) is 0 Å². The number of rotatable bonds is 0. The minimum atomic E-state index is -0.530. The quantitative estimate of drug-likeness (QED) is 0.645. The van der Waals surface area contributed by atoms with Crippen LogP contribution in [0.25, 0.3) is 0 Å². The van der Waals surface area contributed by atoms with Crippen molar-refractivity contribution in [2.45, 2.75) is 83.5 Å². The molecule has 9 atom stereocenters. The van der Waals surface area contributed by atoms with E-state index >= 15 is 0 Å². The largest absolute Gasteiger partial charge is 0.393 e. The van der Waals surface area contributed by atoms with Gasteiger partial charge in [-0.3, -0.25) is 0 Å². The molecule has 0 aliphatic heterocycles. The van der Waals surface area contributed by atoms with Crippen molar-refractivity contribution >= 4 is 0 Å². The first-order valence-electron chi connectivity index (χ1n) is 9.40. The molecule has 4 rings (SSSR count). The highest BCUT2D eigenvalue weighted by atomic mass is 16.3. The molecular weight excluding hydrogens is 276 g/mol. The van der Waals surface area contributed by atoms with Crippen LogP contribution in [0.4, 0.5) is 0 Å². The Balaban J connectivity index is 1.63. The van der Waals surface area contributed by atoms with Crippen molar-refractivity contribution in [3.8, 4) is 0 Å². The summed E-state index contributed by atoms with van der Waals surface area (Å²) in [5.74, 6) is 2.57. The third-order valence-corrected chi connectivity index (χ3v) is 8.61. The Morgan fingerprint density at radius 2 is 1.50 bits per heavy atom. The fourth-order valence-electron chi connectivity index (χ4n) is 7.22. The van der Waals surface area contributed by atoms with Crippen molar-refractivity contribution < 1.29 is 15.3 Å². The zero-order valence-electron chi connectivity index (χ0n) is 14.0. The summed E-state index contributed by atoms with van der Waals surface area (Å²) in [5.41, 5.74) is 0.305. The van der Waals surface area contributed by atoms with Gasteiger partial charge in [-0.05, 0) is 85.9 Å². The first-order chi connectivity index (χ1) is 10.4. The molecule has 0 bridgehead atoms. The Morgan fingerprint density at radius 1 is 0.773 bits per heavy atom. The van der Waals surface area contributed by atoms with Crippen molar-refractivity contribution in [3.63, 3.8) is 0 Å². The monoisotopic (exact) mass is 308 g/mol. The van der Waals surface area contributed by atoms with Crippen LogP contribution >= 0.6 is 0 Å². The van der Waals surface area contributed by atoms with E-state index in [1.807, 2.05) is 0 Å². The third-order valence-electron chi connectivity index (χ3n) is 8.61. The van der Waals surface area contributed by atoms with E-state index in [-0.39, 0.29) is 11.5 Å². The van der Waals surface area contributed by atoms with Gasteiger partial charge in [0, 0.05) is 0 Å². The average Bonchev–Trinajstić information content (AvgIpc) is 2.72. The van der Waals surface area contributed by atoms with Crippen LogP contribution < -0.4 is 0 Å². The maximum Gasteiger partial charge on any atom is 0.0855 e. The average molecular weight is 308 g/mol. The molecule has 4 aliphatic carbocycles. The molecule has 3 heteroatoms. The fraction of sp³-hybridized carbons (Fsp3) is 1.00. The Kier molecular flexibility index (Phi) is 3.46. The molecule has 126 valence electrons. The molecule has 0 saturated heterocycles. The minimum Gasteiger partial charge on any atom is -0.393 e. The summed E-state index contributed by atoms with van der Waals surface area (Å²) in [6.45, 7) is 4.69. The van der Waals surface area contributed by atoms with Gasteiger partial charge in [0.1, 0.15) is 0 Å². The lowest BCUT2D eigenvalue weighted by atomic mass is 9.45. The minimum absolute atomic E-state index is 0.0715. The summed E-state index contributed by atoms with van der Waals surface area (Å²) >= 11 is 0. The lowest BCUT2D eigenvalue weighted by molar-refractivity contribution is -0.135. The first kappa shape index (κ1) is 15.4. The molecule has 0 unspecified atom stereocenters. The number of aliphatic hydroxyl groups is 3. The molecule has 4 fully saturated rings. The van der Waals surface area contributed by atoms with Crippen molar-refractivity contribution in [2.24, 2.45) is 34.5 Å². The highest BCUT2D eigenvalue weighted by molar-refractivity contribution is 5.11. The molecule has 0 aromatic rings. The summed E-state index contributed by atoms with van der Waals surface area (Å²) < 4.78 is 0. The number of hydrogen-bond acceptors (Lipinski definition) is 3. The van der Waals surface area contributed by atoms with Gasteiger partial charge in [-0.25, -0.2) is 0 Å². The summed E-state index contributed by atoms with van der Waals surface area (Å²) in [5, 5.41) is 30.8. The molecule has 4 aliphatic rings. The summed E-state index contributed by atoms with van der Waals surface area (Å²) in [6.07, 6.45) is 7.49. The summed E-state index contributed by atoms with van der Waals surface area (Å²) in [7, 11) is 0. The maximum atomic E-state index is 10.5. The molecule has 0 aromatic carbocycles. The summed E-state index contributed by atoms with van der Waals surface area (Å²) in [4.78, 5) is 0. The Hall–Kier alpha value is -0.120. The van der Waals surface area contributed by atoms with Gasteiger partial charge >= 0.3 is 0 Å². The second kappa shape index (κ2) is 4.94. The Morgan fingerprint density at radius 3 is 2.27 bits per heavy atom. The van der Waals surface area contributed by atoms with Crippen molar-refractivity contribution in [1.82, 2.24) is 0 Å². The van der Waals surface area contributed by atoms with Crippen LogP contribution in [0, 0.1) is 34.5 Å². The van der Waals surface area contributed by atoms with E-state index in [1.165, 1.54) is 19.3 Å². The van der Waals surface area contributed by atoms with Crippen molar-refractivity contribution in [2.75, 3.05) is 0 Å². The Labute approximate surface area is 134 Å². The van der Waals surface area contributed by atoms with Crippen LogP contribution in [-0.4, -0.2) is 33.6 Å². The summed E-state index contributed by atoms with van der Waals surface area (Å²) in [6, 6.07) is 0. The third kappa shape index (κ3) is 1.91. The van der Waals surface area contributed by atoms with Crippen LogP contribution in [0.2, 0.25) is 0 Å². The molecule has 0 spiro atoms. The van der Waals surface area contributed by atoms with Crippen LogP contribution in [0.5, 0.6) is 0 Å². The number of hydrogen-bond donors (Lipinski definition) is 3. The maximum absolute atomic E-state index is 10.5. The lowest BCUT2D eigenvalue weighted by Crippen LogP contribution is -2.54.